The first-order valence-corrected chi connectivity index (χ1v) is 23.9. The minimum absolute atomic E-state index is 0.0888. The number of hydrogen-bond acceptors (Lipinski definition) is 18. The topological polar surface area (TPSA) is 255 Å². The Kier molecular flexibility index (Phi) is 22.1. The van der Waals surface area contributed by atoms with E-state index in [4.69, 9.17) is 43.2 Å². The van der Waals surface area contributed by atoms with Gasteiger partial charge in [0.15, 0.2) is 12.6 Å². The van der Waals surface area contributed by atoms with Crippen LogP contribution in [0.25, 0.3) is 0 Å². The molecule has 3 saturated heterocycles. The van der Waals surface area contributed by atoms with E-state index in [2.05, 4.69) is 0 Å². The summed E-state index contributed by atoms with van der Waals surface area (Å²) in [5.74, 6) is -3.57. The van der Waals surface area contributed by atoms with Crippen molar-refractivity contribution in [1.29, 1.82) is 0 Å². The summed E-state index contributed by atoms with van der Waals surface area (Å²) >= 11 is 0. The van der Waals surface area contributed by atoms with E-state index in [1.807, 2.05) is 32.8 Å². The molecular weight excluding hydrogens is 831 g/mol. The highest BCUT2D eigenvalue weighted by Crippen LogP contribution is 2.47. The maximum atomic E-state index is 14.1. The van der Waals surface area contributed by atoms with Crippen molar-refractivity contribution in [3.63, 3.8) is 0 Å². The lowest BCUT2D eigenvalue weighted by atomic mass is 9.72. The molecule has 0 bridgehead atoms. The minimum atomic E-state index is -3.09. The molecule has 0 aromatic heterocycles. The second-order valence-corrected chi connectivity index (χ2v) is 20.7. The van der Waals surface area contributed by atoms with Crippen LogP contribution in [0.4, 0.5) is 0 Å². The van der Waals surface area contributed by atoms with Crippen LogP contribution >= 0.6 is 7.60 Å². The molecule has 18 nitrogen and oxygen atoms in total. The quantitative estimate of drug-likeness (QED) is 0.0882. The number of aldehydes is 1. The maximum absolute atomic E-state index is 14.1. The molecule has 366 valence electrons. The van der Waals surface area contributed by atoms with Gasteiger partial charge < -0.3 is 78.4 Å². The fourth-order valence-electron chi connectivity index (χ4n) is 9.26. The van der Waals surface area contributed by atoms with Gasteiger partial charge in [0.2, 0.25) is 0 Å². The van der Waals surface area contributed by atoms with E-state index >= 15 is 0 Å². The van der Waals surface area contributed by atoms with Crippen LogP contribution in [-0.4, -0.2) is 174 Å². The smallest absolute Gasteiger partial charge is 0.337 e. The van der Waals surface area contributed by atoms with Crippen molar-refractivity contribution in [2.24, 2.45) is 29.4 Å². The molecule has 19 heteroatoms. The van der Waals surface area contributed by atoms with Gasteiger partial charge in [-0.3, -0.25) is 9.36 Å². The molecule has 0 aromatic carbocycles. The number of methoxy groups -OCH3 is 1. The Morgan fingerprint density at radius 1 is 0.903 bits per heavy atom. The van der Waals surface area contributed by atoms with Gasteiger partial charge in [-0.2, -0.15) is 0 Å². The van der Waals surface area contributed by atoms with Crippen LogP contribution in [-0.2, 0) is 51.6 Å². The van der Waals surface area contributed by atoms with E-state index in [1.54, 1.807) is 62.3 Å². The van der Waals surface area contributed by atoms with Crippen LogP contribution in [0.1, 0.15) is 109 Å². The molecule has 0 saturated carbocycles. The Bertz CT molecular complexity index is 1420. The molecule has 0 amide bonds. The molecule has 3 aliphatic rings. The zero-order valence-electron chi connectivity index (χ0n) is 40.0. The summed E-state index contributed by atoms with van der Waals surface area (Å²) < 4.78 is 58.3. The molecule has 3 heterocycles. The minimum Gasteiger partial charge on any atom is -0.459 e. The number of esters is 1. The van der Waals surface area contributed by atoms with Crippen molar-refractivity contribution in [3.05, 3.63) is 0 Å². The largest absolute Gasteiger partial charge is 0.459 e. The van der Waals surface area contributed by atoms with E-state index < -0.39 is 115 Å². The molecule has 7 N–H and O–H groups in total. The number of ether oxygens (including phenoxy) is 6. The first-order valence-electron chi connectivity index (χ1n) is 22.2. The van der Waals surface area contributed by atoms with Crippen LogP contribution in [0.2, 0.25) is 0 Å². The van der Waals surface area contributed by atoms with Gasteiger partial charge in [0, 0.05) is 37.5 Å². The summed E-state index contributed by atoms with van der Waals surface area (Å²) in [5.41, 5.74) is 2.20. The van der Waals surface area contributed by atoms with Crippen molar-refractivity contribution in [2.75, 3.05) is 40.6 Å². The molecule has 3 aliphatic heterocycles. The number of rotatable bonds is 13. The molecule has 3 rings (SSSR count). The lowest BCUT2D eigenvalue weighted by Gasteiger charge is -2.49. The van der Waals surface area contributed by atoms with Gasteiger partial charge in [-0.15, -0.1) is 0 Å². The third-order valence-corrected chi connectivity index (χ3v) is 15.0. The third kappa shape index (κ3) is 14.2. The van der Waals surface area contributed by atoms with Crippen molar-refractivity contribution in [1.82, 2.24) is 4.90 Å². The molecule has 3 fully saturated rings. The fraction of sp³-hybridized carbons (Fsp3) is 0.953. The van der Waals surface area contributed by atoms with Crippen LogP contribution in [0, 0.1) is 23.7 Å². The highest BCUT2D eigenvalue weighted by molar-refractivity contribution is 7.54. The molecular formula is C43H83N2O16P. The predicted molar refractivity (Wildman–Crippen MR) is 231 cm³/mol. The fourth-order valence-corrected chi connectivity index (χ4v) is 10.5. The second kappa shape index (κ2) is 24.0. The summed E-state index contributed by atoms with van der Waals surface area (Å²) in [6.45, 7) is 21.2. The number of carbonyl (C=O) groups is 2. The van der Waals surface area contributed by atoms with Crippen LogP contribution in [0.5, 0.6) is 0 Å². The Hall–Kier alpha value is -1.19. The van der Waals surface area contributed by atoms with Crippen molar-refractivity contribution < 1.29 is 77.2 Å². The average molecular weight is 915 g/mol. The number of nitrogens with two attached hydrogens (primary N) is 1. The summed E-state index contributed by atoms with van der Waals surface area (Å²) in [6, 6.07) is -0.983. The number of aliphatic hydroxyl groups excluding tert-OH is 3. The van der Waals surface area contributed by atoms with E-state index in [-0.39, 0.29) is 37.6 Å². The number of nitrogens with zero attached hydrogens (tertiary/aromatic N) is 1. The highest BCUT2D eigenvalue weighted by atomic mass is 31.2. The van der Waals surface area contributed by atoms with Crippen LogP contribution < -0.4 is 5.73 Å². The zero-order valence-corrected chi connectivity index (χ0v) is 40.9. The van der Waals surface area contributed by atoms with Gasteiger partial charge in [-0.1, -0.05) is 27.7 Å². The lowest BCUT2D eigenvalue weighted by Crippen LogP contribution is -2.62. The summed E-state index contributed by atoms with van der Waals surface area (Å²) in [5, 5.41) is 58.0. The van der Waals surface area contributed by atoms with E-state index in [0.29, 0.717) is 25.9 Å². The first kappa shape index (κ1) is 56.9. The molecule has 0 radical (unpaired) electrons. The first-order chi connectivity index (χ1) is 28.6. The molecule has 0 aromatic rings. The Labute approximate surface area is 370 Å². The Morgan fingerprint density at radius 2 is 1.48 bits per heavy atom. The van der Waals surface area contributed by atoms with E-state index in [0.717, 1.165) is 0 Å². The standard InChI is InChI=1S/C37H70N2O12.C6H13O4P/c1-14-25-37(10,45)30(41)20(4)27(38)18(2)16-35(8,44)32(51-34-28(40)24(39(11)12)15-19(3)47-34)21(5)29(22(6)33(43)49-25)50-26-17-36(9,46-13)31(42)23(7)48-26;1-3-9-11(8,6-5-7)10-4-2/h18-32,34,40-42,44-45H,14-17,38H2,1-13H3;5H,3-4,6H2,1-2H3/t18-,19-,20+,21+,22-,23+,24+,25-,26+,27+,28-,29-,30-,31+,32-,34+,35-,36-,37-;/m1./s1. The maximum Gasteiger partial charge on any atom is 0.337 e. The number of cyclic esters (lactones) is 1. The van der Waals surface area contributed by atoms with Crippen LogP contribution in [0.3, 0.4) is 0 Å². The Balaban J connectivity index is 0.00000105. The molecule has 0 spiro atoms. The van der Waals surface area contributed by atoms with Gasteiger partial charge >= 0.3 is 13.6 Å². The number of hydrogen-bond donors (Lipinski definition) is 6. The third-order valence-electron chi connectivity index (χ3n) is 13.1. The monoisotopic (exact) mass is 915 g/mol. The van der Waals surface area contributed by atoms with Crippen molar-refractivity contribution in [3.8, 4) is 0 Å². The summed E-state index contributed by atoms with van der Waals surface area (Å²) in [7, 11) is 2.15. The Morgan fingerprint density at radius 3 is 1.98 bits per heavy atom. The summed E-state index contributed by atoms with van der Waals surface area (Å²) in [6.07, 6.45) is -8.29. The van der Waals surface area contributed by atoms with Gasteiger partial charge in [0.05, 0.1) is 60.9 Å². The molecule has 0 aliphatic carbocycles. The average Bonchev–Trinajstić information content (AvgIpc) is 3.19. The van der Waals surface area contributed by atoms with Gasteiger partial charge in [0.25, 0.3) is 0 Å². The predicted octanol–water partition coefficient (Wildman–Crippen LogP) is 3.00. The lowest BCUT2D eigenvalue weighted by molar-refractivity contribution is -0.318. The van der Waals surface area contributed by atoms with Crippen molar-refractivity contribution in [2.45, 2.75) is 199 Å². The summed E-state index contributed by atoms with van der Waals surface area (Å²) in [4.78, 5) is 26.1. The van der Waals surface area contributed by atoms with Gasteiger partial charge in [0.1, 0.15) is 36.4 Å². The molecule has 0 unspecified atom stereocenters. The number of likely N-dealkylation sites (N-methyl/N-ethyl adjacent to an activating group) is 1. The van der Waals surface area contributed by atoms with E-state index in [1.165, 1.54) is 14.0 Å². The second-order valence-electron chi connectivity index (χ2n) is 18.6. The molecule has 62 heavy (non-hydrogen) atoms. The zero-order chi connectivity index (χ0) is 47.7. The van der Waals surface area contributed by atoms with Gasteiger partial charge in [-0.05, 0) is 94.7 Å². The van der Waals surface area contributed by atoms with Crippen LogP contribution in [0.15, 0.2) is 0 Å². The van der Waals surface area contributed by atoms with Crippen molar-refractivity contribution >= 4 is 19.9 Å². The molecule has 19 atom stereocenters. The number of aliphatic hydroxyl groups is 5. The highest BCUT2D eigenvalue weighted by Gasteiger charge is 2.53. The van der Waals surface area contributed by atoms with E-state index in [9.17, 15) is 39.7 Å². The normalized spacial score (nSPS) is 44.1. The number of carbonyl (C=O) groups excluding carboxylic acids is 2. The SMILES string of the molecule is CCOP(=O)(CC=O)OCC.CC[C@H]1OC(=O)[C@H](C)[C@H](O[C@H]2C[C@@](C)(OC)[C@@H](O)[C@H](C)O2)[C@H](C)[C@@H](O[C@@H]2O[C@H](C)C[C@H](N(C)C)[C@H]2O)[C@](C)(O)C[C@@H](C)[C@H](N)[C@H](C)[C@@H](O)[C@]1(C)O. The van der Waals surface area contributed by atoms with Gasteiger partial charge in [-0.25, -0.2) is 0 Å².